The molecule has 2 N–H and O–H groups in total. The van der Waals surface area contributed by atoms with Crippen LogP contribution in [0.3, 0.4) is 0 Å². The Morgan fingerprint density at radius 1 is 1.03 bits per heavy atom. The first-order valence-corrected chi connectivity index (χ1v) is 12.0. The molecule has 162 valence electrons. The van der Waals surface area contributed by atoms with E-state index in [1.807, 2.05) is 13.8 Å². The van der Waals surface area contributed by atoms with Crippen LogP contribution in [0.5, 0.6) is 0 Å². The highest BCUT2D eigenvalue weighted by Crippen LogP contribution is 2.20. The largest absolute Gasteiger partial charge is 0.355 e. The van der Waals surface area contributed by atoms with Gasteiger partial charge in [-0.15, -0.1) is 0 Å². The molecule has 2 aromatic rings. The SMILES string of the molecule is CCCNC(=O)CN(CCC)C(=O)c1cccc(NS(=O)(=O)c2ccc(Br)cc2)c1. The molecule has 0 aliphatic heterocycles. The Balaban J connectivity index is 2.18. The molecule has 0 saturated carbocycles. The molecule has 0 aliphatic carbocycles. The molecule has 7 nitrogen and oxygen atoms in total. The van der Waals surface area contributed by atoms with E-state index in [0.717, 1.165) is 10.9 Å². The van der Waals surface area contributed by atoms with Crippen molar-refractivity contribution in [2.45, 2.75) is 31.6 Å². The number of halogens is 1. The maximum atomic E-state index is 12.9. The van der Waals surface area contributed by atoms with Crippen molar-refractivity contribution in [3.63, 3.8) is 0 Å². The summed E-state index contributed by atoms with van der Waals surface area (Å²) in [5, 5.41) is 2.76. The summed E-state index contributed by atoms with van der Waals surface area (Å²) in [5.74, 6) is -0.543. The molecule has 2 aromatic carbocycles. The standard InChI is InChI=1S/C21H26BrN3O4S/c1-3-12-23-20(26)15-25(13-4-2)21(27)16-6-5-7-18(14-16)24-30(28,29)19-10-8-17(22)9-11-19/h5-11,14,24H,3-4,12-13,15H2,1-2H3,(H,23,26). The maximum absolute atomic E-state index is 12.9. The van der Waals surface area contributed by atoms with Gasteiger partial charge in [0, 0.05) is 28.8 Å². The van der Waals surface area contributed by atoms with E-state index in [1.165, 1.54) is 23.1 Å². The first-order valence-electron chi connectivity index (χ1n) is 9.71. The number of anilines is 1. The Morgan fingerprint density at radius 3 is 2.37 bits per heavy atom. The second kappa shape index (κ2) is 11.1. The second-order valence-corrected chi connectivity index (χ2v) is 9.31. The molecule has 0 aliphatic rings. The molecule has 30 heavy (non-hydrogen) atoms. The van der Waals surface area contributed by atoms with Crippen molar-refractivity contribution in [3.8, 4) is 0 Å². The first kappa shape index (κ1) is 23.9. The monoisotopic (exact) mass is 495 g/mol. The molecule has 0 bridgehead atoms. The Morgan fingerprint density at radius 2 is 1.73 bits per heavy atom. The lowest BCUT2D eigenvalue weighted by Gasteiger charge is -2.22. The summed E-state index contributed by atoms with van der Waals surface area (Å²) in [4.78, 5) is 26.6. The number of carbonyl (C=O) groups is 2. The average Bonchev–Trinajstić information content (AvgIpc) is 2.71. The lowest BCUT2D eigenvalue weighted by atomic mass is 10.1. The number of sulfonamides is 1. The topological polar surface area (TPSA) is 95.6 Å². The fraction of sp³-hybridized carbons (Fsp3) is 0.333. The molecule has 0 spiro atoms. The Bertz CT molecular complexity index is 978. The molecule has 0 heterocycles. The van der Waals surface area contributed by atoms with E-state index in [-0.39, 0.29) is 28.9 Å². The van der Waals surface area contributed by atoms with E-state index >= 15 is 0 Å². The Hall–Kier alpha value is -2.39. The van der Waals surface area contributed by atoms with E-state index in [9.17, 15) is 18.0 Å². The summed E-state index contributed by atoms with van der Waals surface area (Å²) in [5.41, 5.74) is 0.582. The molecule has 0 radical (unpaired) electrons. The van der Waals surface area contributed by atoms with Crippen molar-refractivity contribution in [1.82, 2.24) is 10.2 Å². The molecule has 0 atom stereocenters. The molecule has 2 amide bonds. The van der Waals surface area contributed by atoms with Crippen molar-refractivity contribution < 1.29 is 18.0 Å². The summed E-state index contributed by atoms with van der Waals surface area (Å²) in [6, 6.07) is 12.5. The highest BCUT2D eigenvalue weighted by molar-refractivity contribution is 9.10. The third-order valence-corrected chi connectivity index (χ3v) is 6.10. The van der Waals surface area contributed by atoms with Crippen LogP contribution in [0.1, 0.15) is 37.0 Å². The third kappa shape index (κ3) is 6.84. The Kier molecular flexibility index (Phi) is 8.86. The normalized spacial score (nSPS) is 11.0. The highest BCUT2D eigenvalue weighted by atomic mass is 79.9. The highest BCUT2D eigenvalue weighted by Gasteiger charge is 2.20. The van der Waals surface area contributed by atoms with Crippen molar-refractivity contribution in [2.75, 3.05) is 24.4 Å². The fourth-order valence-corrected chi connectivity index (χ4v) is 4.06. The van der Waals surface area contributed by atoms with Gasteiger partial charge in [0.15, 0.2) is 0 Å². The van der Waals surface area contributed by atoms with Crippen LogP contribution in [0.25, 0.3) is 0 Å². The van der Waals surface area contributed by atoms with Crippen LogP contribution < -0.4 is 10.0 Å². The van der Waals surface area contributed by atoms with Crippen LogP contribution in [-0.2, 0) is 14.8 Å². The van der Waals surface area contributed by atoms with E-state index in [0.29, 0.717) is 25.1 Å². The minimum Gasteiger partial charge on any atom is -0.355 e. The van der Waals surface area contributed by atoms with Gasteiger partial charge in [-0.1, -0.05) is 35.8 Å². The predicted octanol–water partition coefficient (Wildman–Crippen LogP) is 3.63. The van der Waals surface area contributed by atoms with Gasteiger partial charge in [-0.25, -0.2) is 8.42 Å². The van der Waals surface area contributed by atoms with E-state index in [1.54, 1.807) is 30.3 Å². The molecule has 0 saturated heterocycles. The van der Waals surface area contributed by atoms with Gasteiger partial charge in [-0.3, -0.25) is 14.3 Å². The van der Waals surface area contributed by atoms with Gasteiger partial charge < -0.3 is 10.2 Å². The minimum atomic E-state index is -3.79. The molecule has 9 heteroatoms. The molecular formula is C21H26BrN3O4S. The molecule has 2 rings (SSSR count). The number of nitrogens with zero attached hydrogens (tertiary/aromatic N) is 1. The third-order valence-electron chi connectivity index (χ3n) is 4.17. The van der Waals surface area contributed by atoms with E-state index in [4.69, 9.17) is 0 Å². The van der Waals surface area contributed by atoms with Crippen molar-refractivity contribution in [3.05, 3.63) is 58.6 Å². The zero-order valence-electron chi connectivity index (χ0n) is 17.0. The number of hydrogen-bond donors (Lipinski definition) is 2. The van der Waals surface area contributed by atoms with Gasteiger partial charge in [-0.05, 0) is 55.3 Å². The number of hydrogen-bond acceptors (Lipinski definition) is 4. The number of rotatable bonds is 10. The number of amides is 2. The predicted molar refractivity (Wildman–Crippen MR) is 121 cm³/mol. The number of benzene rings is 2. The zero-order valence-corrected chi connectivity index (χ0v) is 19.4. The summed E-state index contributed by atoms with van der Waals surface area (Å²) in [6.45, 7) is 4.82. The van der Waals surface area contributed by atoms with Crippen LogP contribution >= 0.6 is 15.9 Å². The van der Waals surface area contributed by atoms with Gasteiger partial charge in [0.2, 0.25) is 5.91 Å². The molecule has 0 fully saturated rings. The lowest BCUT2D eigenvalue weighted by molar-refractivity contribution is -0.121. The fourth-order valence-electron chi connectivity index (χ4n) is 2.74. The van der Waals surface area contributed by atoms with Gasteiger partial charge in [0.25, 0.3) is 15.9 Å². The lowest BCUT2D eigenvalue weighted by Crippen LogP contribution is -2.41. The average molecular weight is 496 g/mol. The van der Waals surface area contributed by atoms with Crippen molar-refractivity contribution in [1.29, 1.82) is 0 Å². The number of carbonyl (C=O) groups excluding carboxylic acids is 2. The van der Waals surface area contributed by atoms with Crippen LogP contribution in [0.2, 0.25) is 0 Å². The number of nitrogens with one attached hydrogen (secondary N) is 2. The maximum Gasteiger partial charge on any atom is 0.261 e. The van der Waals surface area contributed by atoms with E-state index < -0.39 is 10.0 Å². The molecule has 0 unspecified atom stereocenters. The van der Waals surface area contributed by atoms with Gasteiger partial charge in [-0.2, -0.15) is 0 Å². The summed E-state index contributed by atoms with van der Waals surface area (Å²) in [6.07, 6.45) is 1.51. The summed E-state index contributed by atoms with van der Waals surface area (Å²) >= 11 is 3.28. The van der Waals surface area contributed by atoms with Gasteiger partial charge in [0.1, 0.15) is 0 Å². The van der Waals surface area contributed by atoms with Gasteiger partial charge >= 0.3 is 0 Å². The van der Waals surface area contributed by atoms with Gasteiger partial charge in [0.05, 0.1) is 11.4 Å². The van der Waals surface area contributed by atoms with Crippen molar-refractivity contribution >= 4 is 43.5 Å². The minimum absolute atomic E-state index is 0.0402. The van der Waals surface area contributed by atoms with Crippen LogP contribution in [0, 0.1) is 0 Å². The van der Waals surface area contributed by atoms with Crippen molar-refractivity contribution in [2.24, 2.45) is 0 Å². The Labute approximate surface area is 186 Å². The quantitative estimate of drug-likeness (QED) is 0.525. The summed E-state index contributed by atoms with van der Waals surface area (Å²) in [7, 11) is -3.79. The smallest absolute Gasteiger partial charge is 0.261 e. The second-order valence-electron chi connectivity index (χ2n) is 6.72. The van der Waals surface area contributed by atoms with E-state index in [2.05, 4.69) is 26.0 Å². The van der Waals surface area contributed by atoms with Crippen LogP contribution in [0.4, 0.5) is 5.69 Å². The van der Waals surface area contributed by atoms with Crippen LogP contribution in [-0.4, -0.2) is 44.8 Å². The first-order chi connectivity index (χ1) is 14.3. The molecular weight excluding hydrogens is 470 g/mol. The summed E-state index contributed by atoms with van der Waals surface area (Å²) < 4.78 is 28.5. The van der Waals surface area contributed by atoms with Crippen LogP contribution in [0.15, 0.2) is 57.9 Å². The zero-order chi connectivity index (χ0) is 22.1. The molecule has 0 aromatic heterocycles.